The number of carbonyl (C=O) groups is 1. The molecule has 104 valence electrons. The molecular weight excluding hydrogens is 270 g/mol. The van der Waals surface area contributed by atoms with E-state index in [2.05, 4.69) is 9.97 Å². The number of carbonyl (C=O) groups excluding carboxylic acids is 1. The first kappa shape index (κ1) is 13.2. The van der Waals surface area contributed by atoms with Gasteiger partial charge in [0.2, 0.25) is 5.91 Å². The number of hydrogen-bond acceptors (Lipinski definition) is 3. The van der Waals surface area contributed by atoms with Gasteiger partial charge >= 0.3 is 0 Å². The normalized spacial score (nSPS) is 18.4. The van der Waals surface area contributed by atoms with Crippen molar-refractivity contribution >= 4 is 17.7 Å². The number of nitrogens with one attached hydrogen (secondary N) is 1. The molecule has 0 spiro atoms. The summed E-state index contributed by atoms with van der Waals surface area (Å²) in [5.74, 6) is 1.58. The van der Waals surface area contributed by atoms with Crippen LogP contribution in [-0.2, 0) is 4.79 Å². The van der Waals surface area contributed by atoms with Crippen LogP contribution in [0.1, 0.15) is 24.7 Å². The van der Waals surface area contributed by atoms with Gasteiger partial charge < -0.3 is 9.88 Å². The second kappa shape index (κ2) is 6.13. The fourth-order valence-electron chi connectivity index (χ4n) is 2.55. The highest BCUT2D eigenvalue weighted by molar-refractivity contribution is 8.00. The van der Waals surface area contributed by atoms with E-state index in [0.717, 1.165) is 30.1 Å². The van der Waals surface area contributed by atoms with Gasteiger partial charge in [-0.2, -0.15) is 0 Å². The maximum Gasteiger partial charge on any atom is 0.233 e. The van der Waals surface area contributed by atoms with Crippen LogP contribution in [0, 0.1) is 0 Å². The van der Waals surface area contributed by atoms with Gasteiger partial charge in [0.05, 0.1) is 11.8 Å². The molecule has 1 fully saturated rings. The minimum absolute atomic E-state index is 0.119. The van der Waals surface area contributed by atoms with Crippen molar-refractivity contribution in [2.45, 2.75) is 23.8 Å². The highest BCUT2D eigenvalue weighted by atomic mass is 32.2. The van der Waals surface area contributed by atoms with E-state index >= 15 is 0 Å². The number of nitrogens with zero attached hydrogens (tertiary/aromatic N) is 2. The number of aromatic nitrogens is 2. The Kier molecular flexibility index (Phi) is 4.06. The summed E-state index contributed by atoms with van der Waals surface area (Å²) in [6.45, 7) is 0.833. The van der Waals surface area contributed by atoms with Crippen molar-refractivity contribution in [1.82, 2.24) is 14.9 Å². The fraction of sp³-hybridized carbons (Fsp3) is 0.333. The predicted octanol–water partition coefficient (Wildman–Crippen LogP) is 2.87. The summed E-state index contributed by atoms with van der Waals surface area (Å²) in [6.07, 6.45) is 5.60. The molecule has 1 atom stereocenters. The number of rotatable bonds is 4. The third-order valence-electron chi connectivity index (χ3n) is 3.51. The lowest BCUT2D eigenvalue weighted by atomic mass is 10.2. The van der Waals surface area contributed by atoms with E-state index in [4.69, 9.17) is 0 Å². The lowest BCUT2D eigenvalue weighted by molar-refractivity contribution is -0.129. The maximum absolute atomic E-state index is 12.4. The molecule has 1 amide bonds. The van der Waals surface area contributed by atoms with E-state index in [0.29, 0.717) is 5.75 Å². The number of H-pyrrole nitrogens is 1. The first-order chi connectivity index (χ1) is 9.84. The molecule has 1 aliphatic heterocycles. The van der Waals surface area contributed by atoms with Crippen LogP contribution in [-0.4, -0.2) is 33.1 Å². The molecule has 0 radical (unpaired) electrons. The van der Waals surface area contributed by atoms with Gasteiger partial charge in [-0.05, 0) is 25.0 Å². The van der Waals surface area contributed by atoms with Gasteiger partial charge in [0, 0.05) is 23.8 Å². The van der Waals surface area contributed by atoms with Crippen molar-refractivity contribution in [2.24, 2.45) is 0 Å². The minimum atomic E-state index is 0.119. The number of thioether (sulfide) groups is 1. The van der Waals surface area contributed by atoms with Crippen molar-refractivity contribution in [3.8, 4) is 0 Å². The number of aromatic amines is 1. The Morgan fingerprint density at radius 2 is 2.25 bits per heavy atom. The van der Waals surface area contributed by atoms with Crippen LogP contribution in [0.4, 0.5) is 0 Å². The fourth-order valence-corrected chi connectivity index (χ4v) is 3.36. The van der Waals surface area contributed by atoms with Crippen LogP contribution >= 0.6 is 11.8 Å². The molecule has 20 heavy (non-hydrogen) atoms. The monoisotopic (exact) mass is 287 g/mol. The molecular formula is C15H17N3OS. The van der Waals surface area contributed by atoms with Crippen LogP contribution in [0.25, 0.3) is 0 Å². The lowest BCUT2D eigenvalue weighted by Crippen LogP contribution is -2.32. The molecule has 0 saturated carbocycles. The van der Waals surface area contributed by atoms with Gasteiger partial charge in [-0.25, -0.2) is 4.98 Å². The summed E-state index contributed by atoms with van der Waals surface area (Å²) in [5.41, 5.74) is 0. The van der Waals surface area contributed by atoms with Crippen molar-refractivity contribution in [3.63, 3.8) is 0 Å². The Bertz CT molecular complexity index is 556. The Morgan fingerprint density at radius 3 is 3.00 bits per heavy atom. The third kappa shape index (κ3) is 2.88. The smallest absolute Gasteiger partial charge is 0.233 e. The number of amides is 1. The quantitative estimate of drug-likeness (QED) is 0.880. The molecule has 1 saturated heterocycles. The van der Waals surface area contributed by atoms with Crippen LogP contribution in [0.5, 0.6) is 0 Å². The van der Waals surface area contributed by atoms with Gasteiger partial charge in [0.15, 0.2) is 0 Å². The second-order valence-electron chi connectivity index (χ2n) is 4.82. The van der Waals surface area contributed by atoms with E-state index in [-0.39, 0.29) is 11.9 Å². The topological polar surface area (TPSA) is 49.0 Å². The highest BCUT2D eigenvalue weighted by Gasteiger charge is 2.31. The molecule has 0 aliphatic carbocycles. The van der Waals surface area contributed by atoms with E-state index in [9.17, 15) is 4.79 Å². The van der Waals surface area contributed by atoms with Gasteiger partial charge in [-0.1, -0.05) is 18.2 Å². The molecule has 5 heteroatoms. The van der Waals surface area contributed by atoms with Gasteiger partial charge in [0.1, 0.15) is 5.82 Å². The second-order valence-corrected chi connectivity index (χ2v) is 5.87. The third-order valence-corrected chi connectivity index (χ3v) is 4.51. The summed E-state index contributed by atoms with van der Waals surface area (Å²) in [7, 11) is 0. The molecule has 2 aromatic rings. The SMILES string of the molecule is O=C(CSc1ccccc1)N1CCCC1c1ncc[nH]1. The lowest BCUT2D eigenvalue weighted by Gasteiger charge is -2.23. The molecule has 1 N–H and O–H groups in total. The average molecular weight is 287 g/mol. The molecule has 1 aromatic carbocycles. The van der Waals surface area contributed by atoms with Crippen molar-refractivity contribution < 1.29 is 4.79 Å². The van der Waals surface area contributed by atoms with Crippen LogP contribution in [0.15, 0.2) is 47.6 Å². The van der Waals surface area contributed by atoms with Gasteiger partial charge in [-0.15, -0.1) is 11.8 Å². The van der Waals surface area contributed by atoms with E-state index in [1.54, 1.807) is 18.0 Å². The van der Waals surface area contributed by atoms with Crippen molar-refractivity contribution in [3.05, 3.63) is 48.5 Å². The summed E-state index contributed by atoms with van der Waals surface area (Å²) < 4.78 is 0. The zero-order valence-corrected chi connectivity index (χ0v) is 12.0. The van der Waals surface area contributed by atoms with Crippen LogP contribution in [0.3, 0.4) is 0 Å². The predicted molar refractivity (Wildman–Crippen MR) is 79.4 cm³/mol. The van der Waals surface area contributed by atoms with Crippen LogP contribution < -0.4 is 0 Å². The molecule has 0 bridgehead atoms. The Hall–Kier alpha value is -1.75. The first-order valence-corrected chi connectivity index (χ1v) is 7.80. The van der Waals surface area contributed by atoms with Crippen molar-refractivity contribution in [2.75, 3.05) is 12.3 Å². The summed E-state index contributed by atoms with van der Waals surface area (Å²) in [6, 6.07) is 10.2. The molecule has 1 aromatic heterocycles. The molecule has 2 heterocycles. The standard InChI is InChI=1S/C15H17N3OS/c19-14(11-20-12-5-2-1-3-6-12)18-10-4-7-13(18)15-16-8-9-17-15/h1-3,5-6,8-9,13H,4,7,10-11H2,(H,16,17). The molecule has 1 unspecified atom stereocenters. The number of imidazole rings is 1. The Balaban J connectivity index is 1.62. The zero-order valence-electron chi connectivity index (χ0n) is 11.2. The largest absolute Gasteiger partial charge is 0.347 e. The summed E-state index contributed by atoms with van der Waals surface area (Å²) >= 11 is 1.59. The molecule has 1 aliphatic rings. The van der Waals surface area contributed by atoms with Crippen LogP contribution in [0.2, 0.25) is 0 Å². The molecule has 3 rings (SSSR count). The van der Waals surface area contributed by atoms with Gasteiger partial charge in [0.25, 0.3) is 0 Å². The minimum Gasteiger partial charge on any atom is -0.347 e. The van der Waals surface area contributed by atoms with E-state index < -0.39 is 0 Å². The maximum atomic E-state index is 12.4. The average Bonchev–Trinajstić information content (AvgIpc) is 3.15. The highest BCUT2D eigenvalue weighted by Crippen LogP contribution is 2.30. The summed E-state index contributed by atoms with van der Waals surface area (Å²) in [4.78, 5) is 22.9. The number of benzene rings is 1. The van der Waals surface area contributed by atoms with E-state index in [1.165, 1.54) is 0 Å². The first-order valence-electron chi connectivity index (χ1n) is 6.81. The van der Waals surface area contributed by atoms with Gasteiger partial charge in [-0.3, -0.25) is 4.79 Å². The number of hydrogen-bond donors (Lipinski definition) is 1. The Morgan fingerprint density at radius 1 is 1.40 bits per heavy atom. The Labute approximate surface area is 122 Å². The zero-order chi connectivity index (χ0) is 13.8. The van der Waals surface area contributed by atoms with E-state index in [1.807, 2.05) is 41.4 Å². The molecule has 4 nitrogen and oxygen atoms in total. The van der Waals surface area contributed by atoms with Crippen molar-refractivity contribution in [1.29, 1.82) is 0 Å². The number of likely N-dealkylation sites (tertiary alicyclic amines) is 1. The summed E-state index contributed by atoms with van der Waals surface area (Å²) in [5, 5.41) is 0.